The molecular weight excluding hydrogens is 485 g/mol. The lowest BCUT2D eigenvalue weighted by atomic mass is 9.99. The maximum atomic E-state index is 13.9. The molecule has 0 saturated heterocycles. The number of ether oxygens (including phenoxy) is 1. The average Bonchev–Trinajstić information content (AvgIpc) is 2.52. The minimum Gasteiger partial charge on any atom is -0.508 e. The van der Waals surface area contributed by atoms with Gasteiger partial charge in [0.15, 0.2) is 11.3 Å². The summed E-state index contributed by atoms with van der Waals surface area (Å²) in [6.07, 6.45) is -22.0. The van der Waals surface area contributed by atoms with E-state index in [1.807, 2.05) is 0 Å². The van der Waals surface area contributed by atoms with E-state index in [0.29, 0.717) is 12.1 Å². The van der Waals surface area contributed by atoms with Crippen LogP contribution in [0.15, 0.2) is 35.6 Å². The SMILES string of the molecule is Oc1ccc(OC(=C(C(F)(F)F)C(F)(F)C(F)(F)F)C(F)(F)C(F)(F)C(F)(F)F)cc1. The molecule has 1 N–H and O–H groups in total. The predicted octanol–water partition coefficient (Wildman–Crippen LogP) is 6.62. The van der Waals surface area contributed by atoms with Crippen molar-refractivity contribution in [3.63, 3.8) is 0 Å². The Kier molecular flexibility index (Phi) is 6.49. The molecule has 0 aliphatic heterocycles. The first-order chi connectivity index (χ1) is 13.5. The standard InChI is InChI=1S/C14H5F15O2/c15-9(16,13(24,25)26)7(11(19,20)21)8(31-6-3-1-5(30)2-4-6)10(17,18)12(22,23)14(27,28)29/h1-4,30H. The Bertz CT molecular complexity index is 812. The predicted molar refractivity (Wildman–Crippen MR) is 68.8 cm³/mol. The summed E-state index contributed by atoms with van der Waals surface area (Å²) in [5.41, 5.74) is -4.84. The van der Waals surface area contributed by atoms with Crippen molar-refractivity contribution in [2.45, 2.75) is 36.3 Å². The van der Waals surface area contributed by atoms with Crippen molar-refractivity contribution >= 4 is 0 Å². The van der Waals surface area contributed by atoms with Gasteiger partial charge in [-0.05, 0) is 24.3 Å². The molecule has 0 heterocycles. The summed E-state index contributed by atoms with van der Waals surface area (Å²) in [5.74, 6) is -29.2. The van der Waals surface area contributed by atoms with Crippen LogP contribution in [0.25, 0.3) is 0 Å². The van der Waals surface area contributed by atoms with E-state index < -0.39 is 59.1 Å². The Morgan fingerprint density at radius 1 is 0.613 bits per heavy atom. The maximum absolute atomic E-state index is 13.9. The van der Waals surface area contributed by atoms with Crippen LogP contribution in [0.5, 0.6) is 11.5 Å². The Hall–Kier alpha value is -2.49. The molecule has 0 unspecified atom stereocenters. The van der Waals surface area contributed by atoms with Crippen LogP contribution in [0, 0.1) is 0 Å². The third-order valence-corrected chi connectivity index (χ3v) is 3.27. The fraction of sp³-hybridized carbons (Fsp3) is 0.429. The van der Waals surface area contributed by atoms with E-state index >= 15 is 0 Å². The number of hydrogen-bond acceptors (Lipinski definition) is 2. The Morgan fingerprint density at radius 2 is 1.03 bits per heavy atom. The summed E-state index contributed by atoms with van der Waals surface area (Å²) < 4.78 is 198. The molecule has 0 atom stereocenters. The number of allylic oxidation sites excluding steroid dienone is 2. The molecule has 2 nitrogen and oxygen atoms in total. The van der Waals surface area contributed by atoms with Gasteiger partial charge in [-0.25, -0.2) is 0 Å². The van der Waals surface area contributed by atoms with Gasteiger partial charge in [0.1, 0.15) is 11.5 Å². The minimum absolute atomic E-state index is 0.108. The van der Waals surface area contributed by atoms with Crippen LogP contribution in [-0.2, 0) is 0 Å². The number of phenolic OH excluding ortho intramolecular Hbond substituents is 1. The number of halogens is 15. The molecule has 1 aromatic carbocycles. The molecule has 178 valence electrons. The second-order valence-electron chi connectivity index (χ2n) is 5.52. The van der Waals surface area contributed by atoms with Crippen LogP contribution in [0.1, 0.15) is 0 Å². The van der Waals surface area contributed by atoms with E-state index in [9.17, 15) is 65.9 Å². The lowest BCUT2D eigenvalue weighted by Crippen LogP contribution is -2.56. The van der Waals surface area contributed by atoms with Crippen LogP contribution >= 0.6 is 0 Å². The zero-order valence-corrected chi connectivity index (χ0v) is 13.8. The molecule has 0 fully saturated rings. The van der Waals surface area contributed by atoms with Crippen molar-refractivity contribution in [2.24, 2.45) is 0 Å². The van der Waals surface area contributed by atoms with Crippen molar-refractivity contribution in [3.05, 3.63) is 35.6 Å². The maximum Gasteiger partial charge on any atom is 0.460 e. The molecular formula is C14H5F15O2. The first-order valence-electron chi connectivity index (χ1n) is 7.04. The summed E-state index contributed by atoms with van der Waals surface area (Å²) in [7, 11) is 0. The third kappa shape index (κ3) is 4.89. The Labute approximate surface area is 160 Å². The topological polar surface area (TPSA) is 29.5 Å². The van der Waals surface area contributed by atoms with Gasteiger partial charge < -0.3 is 9.84 Å². The Balaban J connectivity index is 4.08. The third-order valence-electron chi connectivity index (χ3n) is 3.27. The number of alkyl halides is 15. The summed E-state index contributed by atoms with van der Waals surface area (Å²) in [4.78, 5) is 0. The number of phenols is 1. The van der Waals surface area contributed by atoms with E-state index in [4.69, 9.17) is 5.11 Å². The summed E-state index contributed by atoms with van der Waals surface area (Å²) >= 11 is 0. The normalized spacial score (nSPS) is 15.6. The monoisotopic (exact) mass is 490 g/mol. The van der Waals surface area contributed by atoms with Gasteiger partial charge in [0.2, 0.25) is 0 Å². The quantitative estimate of drug-likeness (QED) is 0.372. The second kappa shape index (κ2) is 7.58. The van der Waals surface area contributed by atoms with Gasteiger partial charge in [-0.3, -0.25) is 0 Å². The molecule has 0 radical (unpaired) electrons. The van der Waals surface area contributed by atoms with E-state index in [-0.39, 0.29) is 12.1 Å². The molecule has 17 heteroatoms. The molecule has 0 aliphatic rings. The van der Waals surface area contributed by atoms with E-state index in [0.717, 1.165) is 0 Å². The van der Waals surface area contributed by atoms with Gasteiger partial charge in [-0.1, -0.05) is 0 Å². The molecule has 31 heavy (non-hydrogen) atoms. The van der Waals surface area contributed by atoms with Crippen LogP contribution in [0.2, 0.25) is 0 Å². The summed E-state index contributed by atoms with van der Waals surface area (Å²) in [5, 5.41) is 8.93. The fourth-order valence-electron chi connectivity index (χ4n) is 1.82. The van der Waals surface area contributed by atoms with E-state index in [1.54, 1.807) is 0 Å². The zero-order valence-electron chi connectivity index (χ0n) is 13.8. The van der Waals surface area contributed by atoms with E-state index in [1.165, 1.54) is 0 Å². The number of aromatic hydroxyl groups is 1. The lowest BCUT2D eigenvalue weighted by molar-refractivity contribution is -0.351. The molecule has 0 aliphatic carbocycles. The first-order valence-corrected chi connectivity index (χ1v) is 7.04. The average molecular weight is 490 g/mol. The van der Waals surface area contributed by atoms with Gasteiger partial charge in [-0.2, -0.15) is 65.9 Å². The van der Waals surface area contributed by atoms with Crippen LogP contribution in [0.4, 0.5) is 65.9 Å². The molecule has 0 amide bonds. The first kappa shape index (κ1) is 26.5. The molecule has 0 saturated carbocycles. The van der Waals surface area contributed by atoms with Gasteiger partial charge in [0.05, 0.1) is 0 Å². The highest BCUT2D eigenvalue weighted by atomic mass is 19.4. The molecule has 0 spiro atoms. The smallest absolute Gasteiger partial charge is 0.460 e. The highest BCUT2D eigenvalue weighted by Crippen LogP contribution is 2.56. The van der Waals surface area contributed by atoms with Gasteiger partial charge in [0, 0.05) is 0 Å². The summed E-state index contributed by atoms with van der Waals surface area (Å²) in [6.45, 7) is 0. The Morgan fingerprint density at radius 3 is 1.35 bits per heavy atom. The largest absolute Gasteiger partial charge is 0.508 e. The van der Waals surface area contributed by atoms with Crippen LogP contribution < -0.4 is 4.74 Å². The fourth-order valence-corrected chi connectivity index (χ4v) is 1.82. The van der Waals surface area contributed by atoms with Crippen molar-refractivity contribution in [1.29, 1.82) is 0 Å². The summed E-state index contributed by atoms with van der Waals surface area (Å²) in [6, 6.07) is 0.915. The van der Waals surface area contributed by atoms with Gasteiger partial charge >= 0.3 is 36.3 Å². The van der Waals surface area contributed by atoms with Crippen LogP contribution in [-0.4, -0.2) is 41.4 Å². The minimum atomic E-state index is -7.59. The lowest BCUT2D eigenvalue weighted by Gasteiger charge is -2.33. The van der Waals surface area contributed by atoms with Crippen LogP contribution in [0.3, 0.4) is 0 Å². The second-order valence-corrected chi connectivity index (χ2v) is 5.52. The molecule has 0 bridgehead atoms. The highest BCUT2D eigenvalue weighted by Gasteiger charge is 2.79. The number of hydrogen-bond donors (Lipinski definition) is 1. The number of rotatable bonds is 5. The zero-order chi connectivity index (χ0) is 24.8. The highest BCUT2D eigenvalue weighted by molar-refractivity contribution is 5.37. The van der Waals surface area contributed by atoms with Gasteiger partial charge in [-0.15, -0.1) is 0 Å². The molecule has 1 aromatic rings. The van der Waals surface area contributed by atoms with Crippen molar-refractivity contribution in [2.75, 3.05) is 0 Å². The van der Waals surface area contributed by atoms with Gasteiger partial charge in [0.25, 0.3) is 0 Å². The van der Waals surface area contributed by atoms with Crippen molar-refractivity contribution < 1.29 is 75.7 Å². The molecule has 1 rings (SSSR count). The molecule has 0 aromatic heterocycles. The van der Waals surface area contributed by atoms with E-state index in [2.05, 4.69) is 4.74 Å². The number of benzene rings is 1. The van der Waals surface area contributed by atoms with Crippen molar-refractivity contribution in [3.8, 4) is 11.5 Å². The van der Waals surface area contributed by atoms with Crippen molar-refractivity contribution in [1.82, 2.24) is 0 Å².